The molecule has 0 bridgehead atoms. The van der Waals surface area contributed by atoms with Crippen LogP contribution in [0.2, 0.25) is 0 Å². The zero-order chi connectivity index (χ0) is 14.4. The Balaban J connectivity index is 1.55. The molecule has 2 rings (SSSR count). The van der Waals surface area contributed by atoms with E-state index in [1.807, 2.05) is 0 Å². The van der Waals surface area contributed by atoms with E-state index in [2.05, 4.69) is 10.6 Å². The number of urea groups is 1. The number of carboxylic acids is 1. The number of hydrogen-bond acceptors (Lipinski definition) is 3. The zero-order valence-corrected chi connectivity index (χ0v) is 11.8. The van der Waals surface area contributed by atoms with Crippen molar-refractivity contribution in [3.63, 3.8) is 0 Å². The molecule has 0 aromatic carbocycles. The van der Waals surface area contributed by atoms with Gasteiger partial charge in [0, 0.05) is 13.1 Å². The van der Waals surface area contributed by atoms with Crippen LogP contribution in [0.5, 0.6) is 0 Å². The minimum atomic E-state index is -0.811. The zero-order valence-electron chi connectivity index (χ0n) is 11.8. The van der Waals surface area contributed by atoms with Gasteiger partial charge in [0.2, 0.25) is 0 Å². The van der Waals surface area contributed by atoms with Crippen molar-refractivity contribution in [1.82, 2.24) is 10.6 Å². The summed E-state index contributed by atoms with van der Waals surface area (Å²) >= 11 is 0. The molecule has 2 fully saturated rings. The fraction of sp³-hybridized carbons (Fsp3) is 0.857. The summed E-state index contributed by atoms with van der Waals surface area (Å²) in [7, 11) is 0. The second-order valence-corrected chi connectivity index (χ2v) is 5.83. The Morgan fingerprint density at radius 3 is 2.40 bits per heavy atom. The number of aliphatic carboxylic acids is 1. The molecule has 2 saturated carbocycles. The summed E-state index contributed by atoms with van der Waals surface area (Å²) in [5, 5.41) is 14.5. The minimum absolute atomic E-state index is 0.206. The third kappa shape index (κ3) is 3.85. The van der Waals surface area contributed by atoms with Gasteiger partial charge in [-0.25, -0.2) is 4.79 Å². The van der Waals surface area contributed by atoms with E-state index in [4.69, 9.17) is 9.84 Å². The molecule has 20 heavy (non-hydrogen) atoms. The van der Waals surface area contributed by atoms with Gasteiger partial charge in [0.15, 0.2) is 0 Å². The van der Waals surface area contributed by atoms with Crippen molar-refractivity contribution in [3.8, 4) is 0 Å². The highest BCUT2D eigenvalue weighted by Gasteiger charge is 2.44. The molecule has 0 heterocycles. The lowest BCUT2D eigenvalue weighted by molar-refractivity contribution is -0.153. The quantitative estimate of drug-likeness (QED) is 0.618. The van der Waals surface area contributed by atoms with E-state index >= 15 is 0 Å². The molecule has 0 radical (unpaired) electrons. The van der Waals surface area contributed by atoms with Crippen LogP contribution in [0.25, 0.3) is 0 Å². The van der Waals surface area contributed by atoms with Crippen LogP contribution in [-0.2, 0) is 9.53 Å². The van der Waals surface area contributed by atoms with Gasteiger partial charge in [-0.15, -0.1) is 0 Å². The van der Waals surface area contributed by atoms with Gasteiger partial charge in [-0.3, -0.25) is 4.79 Å². The van der Waals surface area contributed by atoms with E-state index < -0.39 is 11.4 Å². The molecule has 0 aromatic heterocycles. The normalized spacial score (nSPS) is 21.2. The predicted octanol–water partition coefficient (Wildman–Crippen LogP) is 1.50. The first-order chi connectivity index (χ1) is 9.62. The Bertz CT molecular complexity index is 349. The second-order valence-electron chi connectivity index (χ2n) is 5.83. The fourth-order valence-electron chi connectivity index (χ4n) is 2.83. The molecule has 0 spiro atoms. The molecule has 2 aliphatic rings. The van der Waals surface area contributed by atoms with Crippen LogP contribution < -0.4 is 10.6 Å². The molecule has 3 N–H and O–H groups in total. The highest BCUT2D eigenvalue weighted by molar-refractivity contribution is 5.78. The first kappa shape index (κ1) is 15.1. The summed E-state index contributed by atoms with van der Waals surface area (Å²) in [6.45, 7) is 1.18. The smallest absolute Gasteiger partial charge is 0.314 e. The molecule has 2 amide bonds. The Hall–Kier alpha value is -1.30. The first-order valence-corrected chi connectivity index (χ1v) is 7.49. The van der Waals surface area contributed by atoms with Crippen LogP contribution in [-0.4, -0.2) is 42.9 Å². The Kier molecular flexibility index (Phi) is 5.23. The maximum Gasteiger partial charge on any atom is 0.314 e. The van der Waals surface area contributed by atoms with E-state index in [-0.39, 0.29) is 12.6 Å². The molecule has 114 valence electrons. The summed E-state index contributed by atoms with van der Waals surface area (Å²) < 4.78 is 5.63. The number of amides is 2. The Morgan fingerprint density at radius 2 is 1.85 bits per heavy atom. The van der Waals surface area contributed by atoms with Crippen molar-refractivity contribution < 1.29 is 19.4 Å². The number of carbonyl (C=O) groups is 2. The maximum atomic E-state index is 11.6. The van der Waals surface area contributed by atoms with Gasteiger partial charge >= 0.3 is 12.0 Å². The number of rotatable bonds is 7. The summed E-state index contributed by atoms with van der Waals surface area (Å²) in [6.07, 6.45) is 7.27. The molecule has 6 nitrogen and oxygen atoms in total. The van der Waals surface area contributed by atoms with Crippen LogP contribution in [0, 0.1) is 5.41 Å². The van der Waals surface area contributed by atoms with Crippen LogP contribution in [0.3, 0.4) is 0 Å². The van der Waals surface area contributed by atoms with Crippen molar-refractivity contribution in [3.05, 3.63) is 0 Å². The Labute approximate surface area is 119 Å². The van der Waals surface area contributed by atoms with Crippen molar-refractivity contribution in [1.29, 1.82) is 0 Å². The van der Waals surface area contributed by atoms with Crippen molar-refractivity contribution in [2.75, 3.05) is 19.7 Å². The molecule has 2 aliphatic carbocycles. The monoisotopic (exact) mass is 284 g/mol. The molecular formula is C14H24N2O4. The highest BCUT2D eigenvalue weighted by atomic mass is 16.5. The minimum Gasteiger partial charge on any atom is -0.481 e. The molecule has 0 unspecified atom stereocenters. The van der Waals surface area contributed by atoms with E-state index in [1.54, 1.807) is 0 Å². The lowest BCUT2D eigenvalue weighted by Gasteiger charge is -2.37. The van der Waals surface area contributed by atoms with Gasteiger partial charge < -0.3 is 20.5 Å². The van der Waals surface area contributed by atoms with E-state index in [1.165, 1.54) is 12.8 Å². The van der Waals surface area contributed by atoms with Crippen molar-refractivity contribution in [2.24, 2.45) is 5.41 Å². The van der Waals surface area contributed by atoms with Crippen LogP contribution in [0.4, 0.5) is 4.79 Å². The number of hydrogen-bond donors (Lipinski definition) is 3. The summed E-state index contributed by atoms with van der Waals surface area (Å²) in [4.78, 5) is 22.7. The van der Waals surface area contributed by atoms with E-state index in [9.17, 15) is 9.59 Å². The maximum absolute atomic E-state index is 11.6. The second kappa shape index (κ2) is 6.92. The number of carbonyl (C=O) groups excluding carboxylic acids is 1. The topological polar surface area (TPSA) is 87.7 Å². The standard InChI is InChI=1S/C14H24N2O4/c17-12(18)14(6-3-7-14)10-16-13(19)15-8-9-20-11-4-1-2-5-11/h11H,1-10H2,(H,17,18)(H2,15,16,19). The molecule has 6 heteroatoms. The lowest BCUT2D eigenvalue weighted by atomic mass is 9.69. The molecular weight excluding hydrogens is 260 g/mol. The number of nitrogens with one attached hydrogen (secondary N) is 2. The van der Waals surface area contributed by atoms with Gasteiger partial charge in [0.1, 0.15) is 0 Å². The van der Waals surface area contributed by atoms with Crippen LogP contribution in [0.15, 0.2) is 0 Å². The van der Waals surface area contributed by atoms with Gasteiger partial charge in [-0.1, -0.05) is 19.3 Å². The molecule has 0 aliphatic heterocycles. The summed E-state index contributed by atoms with van der Waals surface area (Å²) in [5.41, 5.74) is -0.738. The molecule has 0 saturated heterocycles. The van der Waals surface area contributed by atoms with E-state index in [0.29, 0.717) is 32.1 Å². The van der Waals surface area contributed by atoms with E-state index in [0.717, 1.165) is 19.3 Å². The third-order valence-electron chi connectivity index (χ3n) is 4.40. The molecule has 0 atom stereocenters. The van der Waals surface area contributed by atoms with Crippen molar-refractivity contribution >= 4 is 12.0 Å². The highest BCUT2D eigenvalue weighted by Crippen LogP contribution is 2.40. The lowest BCUT2D eigenvalue weighted by Crippen LogP contribution is -2.50. The van der Waals surface area contributed by atoms with Gasteiger partial charge in [0.25, 0.3) is 0 Å². The summed E-state index contributed by atoms with van der Waals surface area (Å²) in [5.74, 6) is -0.811. The largest absolute Gasteiger partial charge is 0.481 e. The fourth-order valence-corrected chi connectivity index (χ4v) is 2.83. The van der Waals surface area contributed by atoms with Crippen LogP contribution in [0.1, 0.15) is 44.9 Å². The average Bonchev–Trinajstić information content (AvgIpc) is 2.86. The van der Waals surface area contributed by atoms with Crippen LogP contribution >= 0.6 is 0 Å². The SMILES string of the molecule is O=C(NCCOC1CCCC1)NCC1(C(=O)O)CCC1. The van der Waals surface area contributed by atoms with Gasteiger partial charge in [-0.2, -0.15) is 0 Å². The van der Waals surface area contributed by atoms with Gasteiger partial charge in [0.05, 0.1) is 18.1 Å². The Morgan fingerprint density at radius 1 is 1.15 bits per heavy atom. The number of ether oxygens (including phenoxy) is 1. The first-order valence-electron chi connectivity index (χ1n) is 7.49. The van der Waals surface area contributed by atoms with Crippen molar-refractivity contribution in [2.45, 2.75) is 51.0 Å². The number of carboxylic acid groups (broad SMARTS) is 1. The molecule has 0 aromatic rings. The third-order valence-corrected chi connectivity index (χ3v) is 4.40. The summed E-state index contributed by atoms with van der Waals surface area (Å²) in [6, 6.07) is -0.312. The average molecular weight is 284 g/mol. The van der Waals surface area contributed by atoms with Gasteiger partial charge in [-0.05, 0) is 25.7 Å². The predicted molar refractivity (Wildman–Crippen MR) is 73.5 cm³/mol.